The van der Waals surface area contributed by atoms with Crippen LogP contribution in [0.2, 0.25) is 0 Å². The molecule has 8 aromatic carbocycles. The first kappa shape index (κ1) is 25.2. The van der Waals surface area contributed by atoms with E-state index in [9.17, 15) is 0 Å². The van der Waals surface area contributed by atoms with Gasteiger partial charge in [-0.25, -0.2) is 0 Å². The Morgan fingerprint density at radius 2 is 0.978 bits per heavy atom. The molecule has 0 spiro atoms. The van der Waals surface area contributed by atoms with Gasteiger partial charge in [0.05, 0.1) is 6.26 Å². The van der Waals surface area contributed by atoms with Crippen LogP contribution < -0.4 is 0 Å². The van der Waals surface area contributed by atoms with Gasteiger partial charge in [-0.15, -0.1) is 0 Å². The summed E-state index contributed by atoms with van der Waals surface area (Å²) in [6.45, 7) is 0. The standard InChI is InChI=1S/C44H26O2/c1-2-12-29-25-37-30(24-28(29)11-1)20-22-35(34-17-9-19-41-44(34)36-16-7-8-18-39(36)46-41)42(37)33-15-6-5-14-32(33)38-26-45-40-23-21-27-10-3-4-13-31(27)43(38)40/h1-26H. The first-order valence-corrected chi connectivity index (χ1v) is 15.7. The van der Waals surface area contributed by atoms with Crippen LogP contribution in [0.15, 0.2) is 167 Å². The molecule has 0 aliphatic heterocycles. The van der Waals surface area contributed by atoms with E-state index < -0.39 is 0 Å². The van der Waals surface area contributed by atoms with Crippen LogP contribution >= 0.6 is 0 Å². The smallest absolute Gasteiger partial charge is 0.136 e. The van der Waals surface area contributed by atoms with Gasteiger partial charge in [0.1, 0.15) is 16.7 Å². The van der Waals surface area contributed by atoms with E-state index in [2.05, 4.69) is 146 Å². The Labute approximate surface area is 264 Å². The first-order valence-electron chi connectivity index (χ1n) is 15.7. The molecule has 0 saturated carbocycles. The Balaban J connectivity index is 1.35. The lowest BCUT2D eigenvalue weighted by Crippen LogP contribution is -1.92. The van der Waals surface area contributed by atoms with Gasteiger partial charge in [-0.1, -0.05) is 121 Å². The molecule has 10 aromatic rings. The van der Waals surface area contributed by atoms with Crippen molar-refractivity contribution in [2.24, 2.45) is 0 Å². The van der Waals surface area contributed by atoms with Gasteiger partial charge in [-0.3, -0.25) is 0 Å². The van der Waals surface area contributed by atoms with Gasteiger partial charge in [-0.2, -0.15) is 0 Å². The van der Waals surface area contributed by atoms with Crippen molar-refractivity contribution in [3.8, 4) is 33.4 Å². The van der Waals surface area contributed by atoms with E-state index in [0.717, 1.165) is 49.6 Å². The van der Waals surface area contributed by atoms with E-state index >= 15 is 0 Å². The van der Waals surface area contributed by atoms with Crippen molar-refractivity contribution < 1.29 is 8.83 Å². The molecular weight excluding hydrogens is 560 g/mol. The van der Waals surface area contributed by atoms with E-state index in [1.165, 1.54) is 49.0 Å². The number of fused-ring (bicyclic) bond motifs is 8. The Morgan fingerprint density at radius 1 is 0.326 bits per heavy atom. The van der Waals surface area contributed by atoms with Gasteiger partial charge in [0.15, 0.2) is 0 Å². The molecule has 46 heavy (non-hydrogen) atoms. The molecule has 0 bridgehead atoms. The third-order valence-electron chi connectivity index (χ3n) is 9.53. The molecule has 2 heteroatoms. The monoisotopic (exact) mass is 586 g/mol. The van der Waals surface area contributed by atoms with Crippen LogP contribution in [-0.2, 0) is 0 Å². The Bertz CT molecular complexity index is 2810. The second-order valence-electron chi connectivity index (χ2n) is 12.0. The zero-order chi connectivity index (χ0) is 30.2. The predicted molar refractivity (Wildman–Crippen MR) is 192 cm³/mol. The zero-order valence-electron chi connectivity index (χ0n) is 24.8. The van der Waals surface area contributed by atoms with Crippen LogP contribution in [0.4, 0.5) is 0 Å². The van der Waals surface area contributed by atoms with Crippen molar-refractivity contribution in [3.05, 3.63) is 158 Å². The van der Waals surface area contributed by atoms with Crippen LogP contribution in [0.3, 0.4) is 0 Å². The summed E-state index contributed by atoms with van der Waals surface area (Å²) in [7, 11) is 0. The van der Waals surface area contributed by atoms with Crippen molar-refractivity contribution in [3.63, 3.8) is 0 Å². The number of rotatable bonds is 3. The summed E-state index contributed by atoms with van der Waals surface area (Å²) in [5.41, 5.74) is 9.61. The summed E-state index contributed by atoms with van der Waals surface area (Å²) in [4.78, 5) is 0. The quantitative estimate of drug-likeness (QED) is 0.193. The van der Waals surface area contributed by atoms with E-state index in [4.69, 9.17) is 8.83 Å². The summed E-state index contributed by atoms with van der Waals surface area (Å²) in [6.07, 6.45) is 1.93. The van der Waals surface area contributed by atoms with Gasteiger partial charge in [-0.05, 0) is 90.5 Å². The Morgan fingerprint density at radius 3 is 1.87 bits per heavy atom. The molecule has 0 amide bonds. The lowest BCUT2D eigenvalue weighted by molar-refractivity contribution is 0.617. The summed E-state index contributed by atoms with van der Waals surface area (Å²) < 4.78 is 12.6. The van der Waals surface area contributed by atoms with E-state index in [0.29, 0.717) is 0 Å². The number of hydrogen-bond donors (Lipinski definition) is 0. The summed E-state index contributed by atoms with van der Waals surface area (Å²) in [5.74, 6) is 0. The number of benzene rings is 8. The van der Waals surface area contributed by atoms with Gasteiger partial charge < -0.3 is 8.83 Å². The topological polar surface area (TPSA) is 26.3 Å². The molecule has 2 nitrogen and oxygen atoms in total. The molecule has 214 valence electrons. The second-order valence-corrected chi connectivity index (χ2v) is 12.0. The van der Waals surface area contributed by atoms with Gasteiger partial charge >= 0.3 is 0 Å². The molecular formula is C44H26O2. The van der Waals surface area contributed by atoms with Crippen LogP contribution in [0.5, 0.6) is 0 Å². The van der Waals surface area contributed by atoms with E-state index in [-0.39, 0.29) is 0 Å². The van der Waals surface area contributed by atoms with Crippen molar-refractivity contribution in [1.29, 1.82) is 0 Å². The SMILES string of the molecule is c1ccc(-c2coc3ccc4ccccc4c23)c(-c2c(-c3cccc4oc5ccccc5c34)ccc3cc4ccccc4cc23)c1. The summed E-state index contributed by atoms with van der Waals surface area (Å²) in [5, 5.41) is 10.7. The maximum Gasteiger partial charge on any atom is 0.136 e. The number of hydrogen-bond acceptors (Lipinski definition) is 2. The second kappa shape index (κ2) is 9.69. The van der Waals surface area contributed by atoms with Crippen molar-refractivity contribution in [2.75, 3.05) is 0 Å². The predicted octanol–water partition coefficient (Wildman–Crippen LogP) is 12.8. The molecule has 0 fully saturated rings. The largest absolute Gasteiger partial charge is 0.464 e. The molecule has 0 aliphatic carbocycles. The van der Waals surface area contributed by atoms with Gasteiger partial charge in [0.2, 0.25) is 0 Å². The highest BCUT2D eigenvalue weighted by Gasteiger charge is 2.22. The third-order valence-corrected chi connectivity index (χ3v) is 9.53. The minimum absolute atomic E-state index is 0.891. The molecule has 0 saturated heterocycles. The lowest BCUT2D eigenvalue weighted by atomic mass is 9.84. The highest BCUT2D eigenvalue weighted by molar-refractivity contribution is 6.19. The molecule has 10 rings (SSSR count). The molecule has 0 unspecified atom stereocenters. The molecule has 2 aromatic heterocycles. The average molecular weight is 587 g/mol. The summed E-state index contributed by atoms with van der Waals surface area (Å²) in [6, 6.07) is 54.2. The fraction of sp³-hybridized carbons (Fsp3) is 0. The Kier molecular flexibility index (Phi) is 5.31. The zero-order valence-corrected chi connectivity index (χ0v) is 24.8. The molecule has 2 heterocycles. The average Bonchev–Trinajstić information content (AvgIpc) is 3.72. The number of para-hydroxylation sites is 1. The lowest BCUT2D eigenvalue weighted by Gasteiger charge is -2.18. The van der Waals surface area contributed by atoms with Crippen LogP contribution in [-0.4, -0.2) is 0 Å². The van der Waals surface area contributed by atoms with Crippen LogP contribution in [0.25, 0.3) is 98.6 Å². The van der Waals surface area contributed by atoms with E-state index in [1.807, 2.05) is 12.3 Å². The molecule has 0 aliphatic rings. The first-order chi connectivity index (χ1) is 22.8. The highest BCUT2D eigenvalue weighted by Crippen LogP contribution is 2.48. The van der Waals surface area contributed by atoms with Gasteiger partial charge in [0, 0.05) is 21.7 Å². The number of furan rings is 2. The van der Waals surface area contributed by atoms with Gasteiger partial charge in [0.25, 0.3) is 0 Å². The highest BCUT2D eigenvalue weighted by atomic mass is 16.3. The van der Waals surface area contributed by atoms with Crippen LogP contribution in [0.1, 0.15) is 0 Å². The van der Waals surface area contributed by atoms with Crippen molar-refractivity contribution >= 4 is 65.2 Å². The van der Waals surface area contributed by atoms with E-state index in [1.54, 1.807) is 0 Å². The summed E-state index contributed by atoms with van der Waals surface area (Å²) >= 11 is 0. The normalized spacial score (nSPS) is 11.9. The minimum atomic E-state index is 0.891. The maximum absolute atomic E-state index is 6.36. The molecule has 0 N–H and O–H groups in total. The van der Waals surface area contributed by atoms with Crippen LogP contribution in [0, 0.1) is 0 Å². The minimum Gasteiger partial charge on any atom is -0.464 e. The fourth-order valence-corrected chi connectivity index (χ4v) is 7.47. The Hall–Kier alpha value is -6.12. The van der Waals surface area contributed by atoms with Crippen molar-refractivity contribution in [1.82, 2.24) is 0 Å². The molecule has 0 radical (unpaired) electrons. The maximum atomic E-state index is 6.36. The molecule has 0 atom stereocenters. The third kappa shape index (κ3) is 3.65. The fourth-order valence-electron chi connectivity index (χ4n) is 7.47. The van der Waals surface area contributed by atoms with Crippen molar-refractivity contribution in [2.45, 2.75) is 0 Å².